The molecule has 0 unspecified atom stereocenters. The van der Waals surface area contributed by atoms with Crippen molar-refractivity contribution in [2.75, 3.05) is 24.3 Å². The lowest BCUT2D eigenvalue weighted by Gasteiger charge is -2.14. The average molecular weight is 292 g/mol. The van der Waals surface area contributed by atoms with Crippen molar-refractivity contribution >= 4 is 34.8 Å². The lowest BCUT2D eigenvalue weighted by Crippen LogP contribution is -2.09. The normalized spacial score (nSPS) is 10.2. The molecule has 2 rings (SSSR count). The Bertz CT molecular complexity index is 644. The van der Waals surface area contributed by atoms with Crippen LogP contribution in [0.5, 0.6) is 0 Å². The van der Waals surface area contributed by atoms with Gasteiger partial charge < -0.3 is 15.3 Å². The fourth-order valence-electron chi connectivity index (χ4n) is 1.67. The smallest absolute Gasteiger partial charge is 0.356 e. The molecule has 0 aliphatic carbocycles. The molecule has 0 saturated heterocycles. The molecule has 0 aliphatic rings. The highest BCUT2D eigenvalue weighted by Gasteiger charge is 2.11. The molecule has 2 N–H and O–H groups in total. The molecule has 0 spiro atoms. The molecule has 1 aromatic heterocycles. The number of aromatic carboxylic acids is 1. The van der Waals surface area contributed by atoms with E-state index >= 15 is 0 Å². The second-order valence-electron chi connectivity index (χ2n) is 4.40. The van der Waals surface area contributed by atoms with Crippen LogP contribution in [0.1, 0.15) is 10.5 Å². The van der Waals surface area contributed by atoms with E-state index in [1.54, 1.807) is 6.07 Å². The van der Waals surface area contributed by atoms with Crippen LogP contribution in [-0.2, 0) is 0 Å². The van der Waals surface area contributed by atoms with E-state index in [1.165, 1.54) is 6.07 Å². The first kappa shape index (κ1) is 14.1. The van der Waals surface area contributed by atoms with Gasteiger partial charge in [-0.25, -0.2) is 9.78 Å². The Labute approximate surface area is 121 Å². The standard InChI is InChI=1S/C14H14ClN3O2/c1-18(2)10-5-3-4-9(8-10)16-12-7-6-11(15)13(17-12)14(19)20/h3-8H,1-2H3,(H,16,17)(H,19,20). The summed E-state index contributed by atoms with van der Waals surface area (Å²) in [5, 5.41) is 12.2. The zero-order chi connectivity index (χ0) is 14.7. The SMILES string of the molecule is CN(C)c1cccc(Nc2ccc(Cl)c(C(=O)O)n2)c1. The van der Waals surface area contributed by atoms with Crippen molar-refractivity contribution in [1.29, 1.82) is 0 Å². The molecule has 0 bridgehead atoms. The van der Waals surface area contributed by atoms with Crippen LogP contribution in [-0.4, -0.2) is 30.2 Å². The van der Waals surface area contributed by atoms with Gasteiger partial charge in [0.15, 0.2) is 5.69 Å². The number of nitrogens with one attached hydrogen (secondary N) is 1. The minimum atomic E-state index is -1.15. The summed E-state index contributed by atoms with van der Waals surface area (Å²) >= 11 is 5.78. The molecule has 5 nitrogen and oxygen atoms in total. The highest BCUT2D eigenvalue weighted by atomic mass is 35.5. The van der Waals surface area contributed by atoms with Crippen LogP contribution in [0.15, 0.2) is 36.4 Å². The van der Waals surface area contributed by atoms with Gasteiger partial charge in [0.1, 0.15) is 5.82 Å². The molecule has 6 heteroatoms. The molecule has 1 heterocycles. The van der Waals surface area contributed by atoms with Crippen LogP contribution in [0.2, 0.25) is 5.02 Å². The van der Waals surface area contributed by atoms with Gasteiger partial charge in [0.2, 0.25) is 0 Å². The molecule has 1 aromatic carbocycles. The zero-order valence-corrected chi connectivity index (χ0v) is 11.8. The lowest BCUT2D eigenvalue weighted by atomic mass is 10.2. The van der Waals surface area contributed by atoms with Crippen LogP contribution in [0, 0.1) is 0 Å². The molecular formula is C14H14ClN3O2. The fourth-order valence-corrected chi connectivity index (χ4v) is 1.86. The predicted molar refractivity (Wildman–Crippen MR) is 80.3 cm³/mol. The molecule has 0 atom stereocenters. The number of carboxylic acids is 1. The number of carboxylic acid groups (broad SMARTS) is 1. The Morgan fingerprint density at radius 3 is 2.70 bits per heavy atom. The van der Waals surface area contributed by atoms with Crippen molar-refractivity contribution in [2.24, 2.45) is 0 Å². The largest absolute Gasteiger partial charge is 0.476 e. The first-order valence-corrected chi connectivity index (χ1v) is 6.29. The predicted octanol–water partition coefficient (Wildman–Crippen LogP) is 3.24. The third kappa shape index (κ3) is 3.19. The number of halogens is 1. The van der Waals surface area contributed by atoms with Gasteiger partial charge >= 0.3 is 5.97 Å². The van der Waals surface area contributed by atoms with Gasteiger partial charge in [-0.1, -0.05) is 17.7 Å². The number of hydrogen-bond donors (Lipinski definition) is 2. The van der Waals surface area contributed by atoms with Crippen LogP contribution in [0.3, 0.4) is 0 Å². The summed E-state index contributed by atoms with van der Waals surface area (Å²) in [5.74, 6) is -0.719. The van der Waals surface area contributed by atoms with Crippen LogP contribution in [0.25, 0.3) is 0 Å². The van der Waals surface area contributed by atoms with Crippen molar-refractivity contribution in [1.82, 2.24) is 4.98 Å². The number of carbonyl (C=O) groups is 1. The van der Waals surface area contributed by atoms with Crippen molar-refractivity contribution in [3.8, 4) is 0 Å². The summed E-state index contributed by atoms with van der Waals surface area (Å²) in [7, 11) is 3.89. The van der Waals surface area contributed by atoms with Crippen LogP contribution >= 0.6 is 11.6 Å². The molecule has 2 aromatic rings. The monoisotopic (exact) mass is 291 g/mol. The van der Waals surface area contributed by atoms with E-state index in [1.807, 2.05) is 43.3 Å². The van der Waals surface area contributed by atoms with Crippen LogP contribution < -0.4 is 10.2 Å². The first-order chi connectivity index (χ1) is 9.47. The Morgan fingerprint density at radius 2 is 2.05 bits per heavy atom. The second kappa shape index (κ2) is 5.79. The third-order valence-corrected chi connectivity index (χ3v) is 2.99. The molecule has 0 fully saturated rings. The first-order valence-electron chi connectivity index (χ1n) is 5.91. The highest BCUT2D eigenvalue weighted by molar-refractivity contribution is 6.33. The van der Waals surface area contributed by atoms with Gasteiger partial charge in [0, 0.05) is 25.5 Å². The molecule has 0 amide bonds. The summed E-state index contributed by atoms with van der Waals surface area (Å²) in [6.07, 6.45) is 0. The van der Waals surface area contributed by atoms with Gasteiger partial charge in [0.05, 0.1) is 5.02 Å². The molecular weight excluding hydrogens is 278 g/mol. The van der Waals surface area contributed by atoms with E-state index in [0.29, 0.717) is 5.82 Å². The van der Waals surface area contributed by atoms with E-state index in [-0.39, 0.29) is 10.7 Å². The summed E-state index contributed by atoms with van der Waals surface area (Å²) < 4.78 is 0. The molecule has 0 saturated carbocycles. The van der Waals surface area contributed by atoms with Crippen molar-refractivity contribution < 1.29 is 9.90 Å². The molecule has 104 valence electrons. The maximum absolute atomic E-state index is 11.0. The Hall–Kier alpha value is -2.27. The molecule has 0 radical (unpaired) electrons. The van der Waals surface area contributed by atoms with E-state index in [9.17, 15) is 4.79 Å². The Kier molecular flexibility index (Phi) is 4.10. The van der Waals surface area contributed by atoms with Gasteiger partial charge in [-0.15, -0.1) is 0 Å². The van der Waals surface area contributed by atoms with Gasteiger partial charge in [-0.2, -0.15) is 0 Å². The number of pyridine rings is 1. The summed E-state index contributed by atoms with van der Waals surface area (Å²) in [6, 6.07) is 10.8. The highest BCUT2D eigenvalue weighted by Crippen LogP contribution is 2.22. The molecule has 20 heavy (non-hydrogen) atoms. The number of benzene rings is 1. The number of aromatic nitrogens is 1. The second-order valence-corrected chi connectivity index (χ2v) is 4.81. The Balaban J connectivity index is 2.28. The van der Waals surface area contributed by atoms with E-state index in [4.69, 9.17) is 16.7 Å². The number of nitrogens with zero attached hydrogens (tertiary/aromatic N) is 2. The zero-order valence-electron chi connectivity index (χ0n) is 11.1. The minimum absolute atomic E-state index is 0.116. The summed E-state index contributed by atoms with van der Waals surface area (Å²) in [5.41, 5.74) is 1.69. The third-order valence-electron chi connectivity index (χ3n) is 2.68. The van der Waals surface area contributed by atoms with Crippen molar-refractivity contribution in [3.63, 3.8) is 0 Å². The lowest BCUT2D eigenvalue weighted by molar-refractivity contribution is 0.0691. The number of hydrogen-bond acceptors (Lipinski definition) is 4. The maximum Gasteiger partial charge on any atom is 0.356 e. The Morgan fingerprint density at radius 1 is 1.30 bits per heavy atom. The maximum atomic E-state index is 11.0. The van der Waals surface area contributed by atoms with Gasteiger partial charge in [-0.3, -0.25) is 0 Å². The molecule has 0 aliphatic heterocycles. The van der Waals surface area contributed by atoms with E-state index in [2.05, 4.69) is 10.3 Å². The van der Waals surface area contributed by atoms with E-state index < -0.39 is 5.97 Å². The topological polar surface area (TPSA) is 65.5 Å². The van der Waals surface area contributed by atoms with E-state index in [0.717, 1.165) is 11.4 Å². The van der Waals surface area contributed by atoms with Crippen molar-refractivity contribution in [3.05, 3.63) is 47.1 Å². The number of anilines is 3. The number of rotatable bonds is 4. The van der Waals surface area contributed by atoms with Crippen LogP contribution in [0.4, 0.5) is 17.2 Å². The summed E-state index contributed by atoms with van der Waals surface area (Å²) in [6.45, 7) is 0. The summed E-state index contributed by atoms with van der Waals surface area (Å²) in [4.78, 5) is 16.9. The van der Waals surface area contributed by atoms with Gasteiger partial charge in [-0.05, 0) is 30.3 Å². The van der Waals surface area contributed by atoms with Crippen molar-refractivity contribution in [2.45, 2.75) is 0 Å². The average Bonchev–Trinajstić information content (AvgIpc) is 2.41. The fraction of sp³-hybridized carbons (Fsp3) is 0.143. The quantitative estimate of drug-likeness (QED) is 0.905. The van der Waals surface area contributed by atoms with Gasteiger partial charge in [0.25, 0.3) is 0 Å². The minimum Gasteiger partial charge on any atom is -0.476 e.